The molecule has 1 amide bonds. The lowest BCUT2D eigenvalue weighted by molar-refractivity contribution is 0.0827. The summed E-state index contributed by atoms with van der Waals surface area (Å²) in [5.41, 5.74) is 1.82. The second kappa shape index (κ2) is 9.75. The van der Waals surface area contributed by atoms with Gasteiger partial charge < -0.3 is 15.5 Å². The number of carbonyl (C=O) groups is 1. The highest BCUT2D eigenvalue weighted by Crippen LogP contribution is 2.07. The molecule has 0 saturated heterocycles. The molecule has 23 heavy (non-hydrogen) atoms. The lowest BCUT2D eigenvalue weighted by Gasteiger charge is -2.23. The van der Waals surface area contributed by atoms with Crippen LogP contribution in [0.3, 0.4) is 0 Å². The Balaban J connectivity index is 0.00000484. The SMILES string of the molecule is CN=C(NCCc1cccc(C(=O)N(C)C)c1)NC(C)(C)C.I. The zero-order chi connectivity index (χ0) is 16.8. The molecule has 0 atom stereocenters. The lowest BCUT2D eigenvalue weighted by atomic mass is 10.1. The molecule has 0 heterocycles. The largest absolute Gasteiger partial charge is 0.356 e. The van der Waals surface area contributed by atoms with Crippen molar-refractivity contribution < 1.29 is 4.79 Å². The number of guanidine groups is 1. The van der Waals surface area contributed by atoms with Crippen LogP contribution in [0.25, 0.3) is 0 Å². The van der Waals surface area contributed by atoms with E-state index in [-0.39, 0.29) is 35.4 Å². The Hall–Kier alpha value is -1.31. The molecule has 1 aromatic carbocycles. The van der Waals surface area contributed by atoms with E-state index in [9.17, 15) is 4.79 Å². The molecule has 1 aromatic rings. The first-order valence-electron chi connectivity index (χ1n) is 7.52. The van der Waals surface area contributed by atoms with Gasteiger partial charge in [-0.15, -0.1) is 24.0 Å². The molecule has 130 valence electrons. The van der Waals surface area contributed by atoms with E-state index < -0.39 is 0 Å². The number of halogens is 1. The van der Waals surface area contributed by atoms with Gasteiger partial charge in [0.05, 0.1) is 0 Å². The van der Waals surface area contributed by atoms with E-state index in [1.165, 1.54) is 0 Å². The van der Waals surface area contributed by atoms with Crippen molar-refractivity contribution in [3.8, 4) is 0 Å². The lowest BCUT2D eigenvalue weighted by Crippen LogP contribution is -2.48. The highest BCUT2D eigenvalue weighted by atomic mass is 127. The number of nitrogens with zero attached hydrogens (tertiary/aromatic N) is 2. The van der Waals surface area contributed by atoms with Gasteiger partial charge >= 0.3 is 0 Å². The molecule has 0 spiro atoms. The van der Waals surface area contributed by atoms with Crippen molar-refractivity contribution in [2.45, 2.75) is 32.7 Å². The van der Waals surface area contributed by atoms with Crippen LogP contribution in [0.15, 0.2) is 29.3 Å². The fraction of sp³-hybridized carbons (Fsp3) is 0.529. The van der Waals surface area contributed by atoms with Crippen LogP contribution in [0, 0.1) is 0 Å². The van der Waals surface area contributed by atoms with Gasteiger partial charge in [-0.1, -0.05) is 12.1 Å². The third kappa shape index (κ3) is 8.20. The van der Waals surface area contributed by atoms with Crippen molar-refractivity contribution in [3.63, 3.8) is 0 Å². The molecule has 1 rings (SSSR count). The minimum atomic E-state index is -0.0279. The Morgan fingerprint density at radius 1 is 1.26 bits per heavy atom. The molecule has 6 heteroatoms. The molecule has 0 aromatic heterocycles. The number of amides is 1. The second-order valence-corrected chi connectivity index (χ2v) is 6.52. The Bertz CT molecular complexity index is 536. The normalized spacial score (nSPS) is 11.5. The molecular formula is C17H29IN4O. The van der Waals surface area contributed by atoms with Crippen LogP contribution in [-0.2, 0) is 6.42 Å². The van der Waals surface area contributed by atoms with Crippen LogP contribution < -0.4 is 10.6 Å². The molecule has 2 N–H and O–H groups in total. The monoisotopic (exact) mass is 432 g/mol. The highest BCUT2D eigenvalue weighted by molar-refractivity contribution is 14.0. The van der Waals surface area contributed by atoms with E-state index in [1.54, 1.807) is 26.0 Å². The van der Waals surface area contributed by atoms with Gasteiger partial charge in [-0.05, 0) is 44.9 Å². The molecule has 0 aliphatic heterocycles. The Labute approximate surface area is 157 Å². The second-order valence-electron chi connectivity index (χ2n) is 6.52. The maximum Gasteiger partial charge on any atom is 0.253 e. The summed E-state index contributed by atoms with van der Waals surface area (Å²) in [5.74, 6) is 0.813. The maximum absolute atomic E-state index is 12.0. The summed E-state index contributed by atoms with van der Waals surface area (Å²) >= 11 is 0. The summed E-state index contributed by atoms with van der Waals surface area (Å²) in [6.45, 7) is 7.04. The topological polar surface area (TPSA) is 56.7 Å². The molecule has 0 fully saturated rings. The van der Waals surface area contributed by atoms with Crippen molar-refractivity contribution in [1.29, 1.82) is 0 Å². The summed E-state index contributed by atoms with van der Waals surface area (Å²) in [5, 5.41) is 6.60. The number of carbonyl (C=O) groups excluding carboxylic acids is 1. The van der Waals surface area contributed by atoms with Gasteiger partial charge in [-0.2, -0.15) is 0 Å². The Morgan fingerprint density at radius 3 is 2.43 bits per heavy atom. The van der Waals surface area contributed by atoms with Crippen LogP contribution in [-0.4, -0.2) is 50.0 Å². The van der Waals surface area contributed by atoms with E-state index in [0.717, 1.165) is 30.1 Å². The van der Waals surface area contributed by atoms with Crippen LogP contribution in [0.4, 0.5) is 0 Å². The van der Waals surface area contributed by atoms with Crippen molar-refractivity contribution in [2.75, 3.05) is 27.7 Å². The first-order chi connectivity index (χ1) is 10.2. The molecule has 0 radical (unpaired) electrons. The summed E-state index contributed by atoms with van der Waals surface area (Å²) in [6, 6.07) is 7.76. The van der Waals surface area contributed by atoms with E-state index in [0.29, 0.717) is 0 Å². The quantitative estimate of drug-likeness (QED) is 0.437. The Kier molecular flexibility index (Phi) is 9.19. The predicted molar refractivity (Wildman–Crippen MR) is 108 cm³/mol. The van der Waals surface area contributed by atoms with Gasteiger partial charge in [0.2, 0.25) is 0 Å². The van der Waals surface area contributed by atoms with Crippen LogP contribution in [0.1, 0.15) is 36.7 Å². The van der Waals surface area contributed by atoms with Crippen LogP contribution >= 0.6 is 24.0 Å². The molecule has 0 aliphatic carbocycles. The number of benzene rings is 1. The van der Waals surface area contributed by atoms with E-state index in [1.807, 2.05) is 24.3 Å². The van der Waals surface area contributed by atoms with Gasteiger partial charge in [0.15, 0.2) is 5.96 Å². The zero-order valence-electron chi connectivity index (χ0n) is 14.9. The van der Waals surface area contributed by atoms with Crippen molar-refractivity contribution in [3.05, 3.63) is 35.4 Å². The van der Waals surface area contributed by atoms with Gasteiger partial charge in [-0.3, -0.25) is 9.79 Å². The first kappa shape index (κ1) is 21.7. The molecule has 5 nitrogen and oxygen atoms in total. The predicted octanol–water partition coefficient (Wildman–Crippen LogP) is 2.51. The number of rotatable bonds is 4. The van der Waals surface area contributed by atoms with Crippen molar-refractivity contribution >= 4 is 35.8 Å². The van der Waals surface area contributed by atoms with Gasteiger partial charge in [0, 0.05) is 38.8 Å². The van der Waals surface area contributed by atoms with Gasteiger partial charge in [-0.25, -0.2) is 0 Å². The van der Waals surface area contributed by atoms with Gasteiger partial charge in [0.25, 0.3) is 5.91 Å². The summed E-state index contributed by atoms with van der Waals surface area (Å²) in [4.78, 5) is 17.8. The van der Waals surface area contributed by atoms with Crippen LogP contribution in [0.5, 0.6) is 0 Å². The molecular weight excluding hydrogens is 403 g/mol. The van der Waals surface area contributed by atoms with Gasteiger partial charge in [0.1, 0.15) is 0 Å². The first-order valence-corrected chi connectivity index (χ1v) is 7.52. The molecule has 0 bridgehead atoms. The number of hydrogen-bond donors (Lipinski definition) is 2. The zero-order valence-corrected chi connectivity index (χ0v) is 17.3. The van der Waals surface area contributed by atoms with Crippen molar-refractivity contribution in [2.24, 2.45) is 4.99 Å². The Morgan fingerprint density at radius 2 is 1.91 bits per heavy atom. The third-order valence-corrected chi connectivity index (χ3v) is 3.00. The molecule has 0 saturated carbocycles. The minimum Gasteiger partial charge on any atom is -0.356 e. The van der Waals surface area contributed by atoms with E-state index >= 15 is 0 Å². The van der Waals surface area contributed by atoms with E-state index in [2.05, 4.69) is 36.4 Å². The maximum atomic E-state index is 12.0. The summed E-state index contributed by atoms with van der Waals surface area (Å²) < 4.78 is 0. The van der Waals surface area contributed by atoms with E-state index in [4.69, 9.17) is 0 Å². The number of nitrogens with one attached hydrogen (secondary N) is 2. The average Bonchev–Trinajstić information content (AvgIpc) is 2.44. The third-order valence-electron chi connectivity index (χ3n) is 3.00. The van der Waals surface area contributed by atoms with Crippen molar-refractivity contribution in [1.82, 2.24) is 15.5 Å². The summed E-state index contributed by atoms with van der Waals surface area (Å²) in [6.07, 6.45) is 0.833. The number of aliphatic imine (C=N–C) groups is 1. The fourth-order valence-electron chi connectivity index (χ4n) is 1.98. The minimum absolute atomic E-state index is 0. The average molecular weight is 432 g/mol. The summed E-state index contributed by atoms with van der Waals surface area (Å²) in [7, 11) is 5.29. The molecule has 0 aliphatic rings. The fourth-order valence-corrected chi connectivity index (χ4v) is 1.98. The molecule has 0 unspecified atom stereocenters. The van der Waals surface area contributed by atoms with Crippen LogP contribution in [0.2, 0.25) is 0 Å². The number of hydrogen-bond acceptors (Lipinski definition) is 2. The highest BCUT2D eigenvalue weighted by Gasteiger charge is 2.11. The smallest absolute Gasteiger partial charge is 0.253 e. The standard InChI is InChI=1S/C17H28N4O.HI/c1-17(2,3)20-16(18-4)19-11-10-13-8-7-9-14(12-13)15(22)21(5)6;/h7-9,12H,10-11H2,1-6H3,(H2,18,19,20);1H.